The molecule has 1 fully saturated rings. The highest BCUT2D eigenvalue weighted by Crippen LogP contribution is 2.41. The summed E-state index contributed by atoms with van der Waals surface area (Å²) in [6.45, 7) is 7.00. The number of rotatable bonds is 4. The Bertz CT molecular complexity index is 1060. The smallest absolute Gasteiger partial charge is 0.257 e. The Labute approximate surface area is 191 Å². The molecule has 1 aliphatic heterocycles. The van der Waals surface area contributed by atoms with E-state index in [0.717, 1.165) is 36.3 Å². The summed E-state index contributed by atoms with van der Waals surface area (Å²) in [4.78, 5) is 31.5. The first-order valence-electron chi connectivity index (χ1n) is 11.3. The van der Waals surface area contributed by atoms with Crippen LogP contribution in [0, 0.1) is 11.3 Å². The predicted molar refractivity (Wildman–Crippen MR) is 122 cm³/mol. The van der Waals surface area contributed by atoms with Gasteiger partial charge in [0.2, 0.25) is 12.7 Å². The van der Waals surface area contributed by atoms with Gasteiger partial charge in [0.05, 0.1) is 11.6 Å². The van der Waals surface area contributed by atoms with E-state index < -0.39 is 0 Å². The Morgan fingerprint density at radius 1 is 1.19 bits per heavy atom. The van der Waals surface area contributed by atoms with Gasteiger partial charge in [-0.25, -0.2) is 4.98 Å². The maximum atomic E-state index is 13.1. The number of benzene rings is 1. The Hall–Kier alpha value is -2.61. The number of nitrogens with one attached hydrogen (secondary N) is 2. The lowest BCUT2D eigenvalue weighted by Crippen LogP contribution is -2.44. The van der Waals surface area contributed by atoms with Crippen LogP contribution in [-0.4, -0.2) is 29.6 Å². The number of nitrogens with zero attached hydrogens (tertiary/aromatic N) is 1. The third kappa shape index (κ3) is 4.20. The van der Waals surface area contributed by atoms with Crippen LogP contribution in [-0.2, 0) is 11.2 Å². The van der Waals surface area contributed by atoms with Crippen LogP contribution in [0.5, 0.6) is 11.5 Å². The largest absolute Gasteiger partial charge is 0.454 e. The van der Waals surface area contributed by atoms with Crippen LogP contribution in [0.15, 0.2) is 18.2 Å². The minimum atomic E-state index is -0.254. The molecule has 0 radical (unpaired) electrons. The Balaban J connectivity index is 1.25. The molecule has 3 aliphatic rings. The van der Waals surface area contributed by atoms with Crippen molar-refractivity contribution in [1.82, 2.24) is 10.3 Å². The monoisotopic (exact) mass is 455 g/mol. The maximum absolute atomic E-state index is 13.1. The molecule has 2 aliphatic carbocycles. The van der Waals surface area contributed by atoms with Crippen LogP contribution >= 0.6 is 11.3 Å². The van der Waals surface area contributed by atoms with Crippen molar-refractivity contribution in [2.75, 3.05) is 12.1 Å². The number of aromatic nitrogens is 1. The van der Waals surface area contributed by atoms with Crippen molar-refractivity contribution >= 4 is 28.3 Å². The molecule has 1 aromatic heterocycles. The number of anilines is 1. The number of hydrogen-bond acceptors (Lipinski definition) is 6. The highest BCUT2D eigenvalue weighted by atomic mass is 32.1. The molecular formula is C24H29N3O4S. The number of carbonyl (C=O) groups is 2. The summed E-state index contributed by atoms with van der Waals surface area (Å²) >= 11 is 1.46. The van der Waals surface area contributed by atoms with Gasteiger partial charge in [-0.3, -0.25) is 14.9 Å². The quantitative estimate of drug-likeness (QED) is 0.709. The predicted octanol–water partition coefficient (Wildman–Crippen LogP) is 4.48. The number of amides is 2. The summed E-state index contributed by atoms with van der Waals surface area (Å²) in [5.74, 6) is 1.39. The van der Waals surface area contributed by atoms with E-state index in [1.54, 1.807) is 18.2 Å². The van der Waals surface area contributed by atoms with Gasteiger partial charge in [0.25, 0.3) is 5.91 Å². The van der Waals surface area contributed by atoms with E-state index in [4.69, 9.17) is 9.47 Å². The third-order valence-corrected chi connectivity index (χ3v) is 7.67. The first-order valence-corrected chi connectivity index (χ1v) is 12.1. The van der Waals surface area contributed by atoms with Crippen molar-refractivity contribution in [3.63, 3.8) is 0 Å². The normalized spacial score (nSPS) is 25.3. The fourth-order valence-corrected chi connectivity index (χ4v) is 6.53. The van der Waals surface area contributed by atoms with Gasteiger partial charge in [-0.05, 0) is 61.6 Å². The molecular weight excluding hydrogens is 426 g/mol. The van der Waals surface area contributed by atoms with Gasteiger partial charge in [0, 0.05) is 16.5 Å². The zero-order chi connectivity index (χ0) is 22.5. The van der Waals surface area contributed by atoms with E-state index in [-0.39, 0.29) is 36.0 Å². The van der Waals surface area contributed by atoms with Crippen molar-refractivity contribution in [2.24, 2.45) is 11.3 Å². The molecule has 1 saturated carbocycles. The van der Waals surface area contributed by atoms with Crippen LogP contribution in [0.25, 0.3) is 0 Å². The maximum Gasteiger partial charge on any atom is 0.257 e. The van der Waals surface area contributed by atoms with Crippen LogP contribution in [0.1, 0.15) is 73.3 Å². The topological polar surface area (TPSA) is 89.6 Å². The second kappa shape index (κ2) is 8.06. The van der Waals surface area contributed by atoms with Gasteiger partial charge in [0.15, 0.2) is 16.6 Å². The molecule has 2 heterocycles. The summed E-state index contributed by atoms with van der Waals surface area (Å²) in [5, 5.41) is 6.71. The lowest BCUT2D eigenvalue weighted by molar-refractivity contribution is -0.123. The lowest BCUT2D eigenvalue weighted by Gasteiger charge is -2.39. The molecule has 7 nitrogen and oxygen atoms in total. The van der Waals surface area contributed by atoms with Gasteiger partial charge in [0.1, 0.15) is 0 Å². The molecule has 0 spiro atoms. The third-order valence-electron chi connectivity index (χ3n) is 6.62. The summed E-state index contributed by atoms with van der Waals surface area (Å²) in [6.07, 6.45) is 4.84. The summed E-state index contributed by atoms with van der Waals surface area (Å²) in [5.41, 5.74) is 1.55. The van der Waals surface area contributed by atoms with Crippen molar-refractivity contribution in [1.29, 1.82) is 0 Å². The fraction of sp³-hybridized carbons (Fsp3) is 0.542. The van der Waals surface area contributed by atoms with E-state index in [1.807, 2.05) is 0 Å². The van der Waals surface area contributed by atoms with Crippen molar-refractivity contribution < 1.29 is 19.1 Å². The number of fused-ring (bicyclic) bond motifs is 2. The highest BCUT2D eigenvalue weighted by molar-refractivity contribution is 7.16. The SMILES string of the molecule is C[C@@H]1C[C@@H](NC(=O)[C@@H]2CCc3sc(NC(=O)c4ccc5c(c4)OCO5)nc32)CC(C)(C)C1. The second-order valence-corrected chi connectivity index (χ2v) is 11.1. The van der Waals surface area contributed by atoms with Gasteiger partial charge < -0.3 is 14.8 Å². The number of hydrogen-bond donors (Lipinski definition) is 2. The summed E-state index contributed by atoms with van der Waals surface area (Å²) in [6, 6.07) is 5.32. The highest BCUT2D eigenvalue weighted by Gasteiger charge is 2.37. The first-order chi connectivity index (χ1) is 15.3. The molecule has 0 saturated heterocycles. The summed E-state index contributed by atoms with van der Waals surface area (Å²) < 4.78 is 10.6. The van der Waals surface area contributed by atoms with E-state index in [9.17, 15) is 9.59 Å². The van der Waals surface area contributed by atoms with Gasteiger partial charge >= 0.3 is 0 Å². The molecule has 0 bridgehead atoms. The van der Waals surface area contributed by atoms with E-state index in [2.05, 4.69) is 36.4 Å². The number of carbonyl (C=O) groups excluding carboxylic acids is 2. The average Bonchev–Trinajstić information content (AvgIpc) is 3.40. The number of ether oxygens (including phenoxy) is 2. The number of thiazole rings is 1. The lowest BCUT2D eigenvalue weighted by atomic mass is 9.70. The number of aryl methyl sites for hydroxylation is 1. The van der Waals surface area contributed by atoms with E-state index in [1.165, 1.54) is 17.8 Å². The van der Waals surface area contributed by atoms with Crippen LogP contribution in [0.3, 0.4) is 0 Å². The van der Waals surface area contributed by atoms with E-state index in [0.29, 0.717) is 28.1 Å². The van der Waals surface area contributed by atoms with Crippen LogP contribution in [0.4, 0.5) is 5.13 Å². The zero-order valence-corrected chi connectivity index (χ0v) is 19.5. The molecule has 3 atom stereocenters. The molecule has 1 aromatic carbocycles. The standard InChI is InChI=1S/C24H29N3O4S/c1-13-8-15(11-24(2,3)10-13)25-22(29)16-5-7-19-20(16)26-23(32-19)27-21(28)14-4-6-17-18(9-14)31-12-30-17/h4,6,9,13,15-16H,5,7-8,10-12H2,1-3H3,(H,25,29)(H,26,27,28)/t13-,15-,16-/m1/s1. The van der Waals surface area contributed by atoms with Crippen LogP contribution < -0.4 is 20.1 Å². The van der Waals surface area contributed by atoms with Crippen molar-refractivity contribution in [2.45, 2.75) is 64.8 Å². The van der Waals surface area contributed by atoms with Crippen LogP contribution in [0.2, 0.25) is 0 Å². The molecule has 0 unspecified atom stereocenters. The molecule has 170 valence electrons. The molecule has 8 heteroatoms. The second-order valence-electron chi connectivity index (χ2n) is 10.1. The Kier molecular flexibility index (Phi) is 5.35. The van der Waals surface area contributed by atoms with Gasteiger partial charge in [-0.15, -0.1) is 11.3 Å². The first kappa shape index (κ1) is 21.2. The van der Waals surface area contributed by atoms with E-state index >= 15 is 0 Å². The van der Waals surface area contributed by atoms with Gasteiger partial charge in [-0.2, -0.15) is 0 Å². The Morgan fingerprint density at radius 3 is 2.81 bits per heavy atom. The summed E-state index contributed by atoms with van der Waals surface area (Å²) in [7, 11) is 0. The van der Waals surface area contributed by atoms with Gasteiger partial charge in [-0.1, -0.05) is 20.8 Å². The average molecular weight is 456 g/mol. The molecule has 32 heavy (non-hydrogen) atoms. The molecule has 2 aromatic rings. The zero-order valence-electron chi connectivity index (χ0n) is 18.7. The fourth-order valence-electron chi connectivity index (χ4n) is 5.50. The molecule has 5 rings (SSSR count). The molecule has 2 amide bonds. The molecule has 2 N–H and O–H groups in total. The minimum Gasteiger partial charge on any atom is -0.454 e. The Morgan fingerprint density at radius 2 is 2.00 bits per heavy atom. The van der Waals surface area contributed by atoms with Crippen molar-refractivity contribution in [3.8, 4) is 11.5 Å². The minimum absolute atomic E-state index is 0.0672. The van der Waals surface area contributed by atoms with Crippen molar-refractivity contribution in [3.05, 3.63) is 34.3 Å².